The van der Waals surface area contributed by atoms with Gasteiger partial charge >= 0.3 is 0 Å². The average molecular weight is 443 g/mol. The average Bonchev–Trinajstić information content (AvgIpc) is 3.26. The zero-order valence-electron chi connectivity index (χ0n) is 16.9. The molecule has 2 atom stereocenters. The minimum Gasteiger partial charge on any atom is -0.347 e. The molecule has 10 heteroatoms. The van der Waals surface area contributed by atoms with Crippen molar-refractivity contribution < 1.29 is 18.0 Å². The van der Waals surface area contributed by atoms with Crippen molar-refractivity contribution in [3.63, 3.8) is 0 Å². The van der Waals surface area contributed by atoms with Gasteiger partial charge in [0.2, 0.25) is 0 Å². The van der Waals surface area contributed by atoms with Crippen molar-refractivity contribution in [1.82, 2.24) is 20.0 Å². The highest BCUT2D eigenvalue weighted by molar-refractivity contribution is 7.94. The van der Waals surface area contributed by atoms with Crippen LogP contribution in [-0.2, 0) is 14.6 Å². The molecule has 0 aliphatic carbocycles. The highest BCUT2D eigenvalue weighted by Crippen LogP contribution is 2.27. The molecule has 1 fully saturated rings. The fourth-order valence-corrected chi connectivity index (χ4v) is 5.64. The normalized spacial score (nSPS) is 22.4. The molecule has 2 amide bonds. The van der Waals surface area contributed by atoms with Gasteiger partial charge in [-0.25, -0.2) is 8.42 Å². The fraction of sp³-hybridized carbons (Fsp3) is 0.632. The molecule has 3 heterocycles. The molecule has 1 saturated heterocycles. The van der Waals surface area contributed by atoms with Gasteiger partial charge in [-0.2, -0.15) is 5.10 Å². The number of aromatic nitrogens is 2. The van der Waals surface area contributed by atoms with Crippen LogP contribution in [-0.4, -0.2) is 59.3 Å². The number of nitrogens with zero attached hydrogens (tertiary/aromatic N) is 3. The molecule has 29 heavy (non-hydrogen) atoms. The van der Waals surface area contributed by atoms with Crippen molar-refractivity contribution in [3.8, 4) is 0 Å². The molecular weight excluding hydrogens is 416 g/mol. The maximum atomic E-state index is 12.9. The standard InChI is InChI=1S/C19H27ClN4O4S/c1-12(2)24-17(20)15(10-21-24)18(25)22-13(3)16-7-4-8-23(16)19(26)14-6-5-9-29(27,28)11-14/h10-13,16H,4-9H2,1-3H3,(H,22,25)/t13?,16-/m0/s1. The van der Waals surface area contributed by atoms with Crippen LogP contribution >= 0.6 is 11.6 Å². The summed E-state index contributed by atoms with van der Waals surface area (Å²) in [6, 6.07) is -0.478. The highest BCUT2D eigenvalue weighted by Gasteiger charge is 2.36. The lowest BCUT2D eigenvalue weighted by Crippen LogP contribution is -2.49. The smallest absolute Gasteiger partial charge is 0.256 e. The second-order valence-electron chi connectivity index (χ2n) is 7.97. The first-order chi connectivity index (χ1) is 13.6. The quantitative estimate of drug-likeness (QED) is 0.753. The zero-order valence-corrected chi connectivity index (χ0v) is 18.5. The number of rotatable bonds is 5. The van der Waals surface area contributed by atoms with Gasteiger partial charge in [0.25, 0.3) is 11.8 Å². The Balaban J connectivity index is 1.72. The Morgan fingerprint density at radius 1 is 1.28 bits per heavy atom. The molecule has 0 saturated carbocycles. The second kappa shape index (κ2) is 8.47. The third kappa shape index (κ3) is 4.66. The first-order valence-corrected chi connectivity index (χ1v) is 12.0. The van der Waals surface area contributed by atoms with Crippen molar-refractivity contribution in [2.45, 2.75) is 64.6 Å². The number of carbonyl (C=O) groups excluding carboxylic acids is 2. The van der Waals surface area contributed by atoms with Gasteiger partial charge in [-0.05, 0) is 46.5 Å². The van der Waals surface area contributed by atoms with E-state index in [1.807, 2.05) is 20.8 Å². The Morgan fingerprint density at radius 3 is 2.62 bits per heavy atom. The third-order valence-electron chi connectivity index (χ3n) is 5.44. The van der Waals surface area contributed by atoms with Gasteiger partial charge in [-0.1, -0.05) is 11.6 Å². The lowest BCUT2D eigenvalue weighted by molar-refractivity contribution is -0.128. The summed E-state index contributed by atoms with van der Waals surface area (Å²) in [7, 11) is -3.31. The Kier molecular flexibility index (Phi) is 6.38. The van der Waals surface area contributed by atoms with Gasteiger partial charge in [0, 0.05) is 29.6 Å². The minimum atomic E-state index is -3.31. The zero-order chi connectivity index (χ0) is 21.3. The SMILES string of the molecule is CC(NC(=O)c1cnn(C(C)C)c1Cl)[C@@H]1CCCN1C(=O)C1=CS(=O)(=O)CCC1. The van der Waals surface area contributed by atoms with Gasteiger partial charge in [0.1, 0.15) is 5.15 Å². The van der Waals surface area contributed by atoms with Crippen LogP contribution in [0.2, 0.25) is 5.15 Å². The van der Waals surface area contributed by atoms with Crippen molar-refractivity contribution in [2.24, 2.45) is 0 Å². The molecule has 0 spiro atoms. The molecule has 0 bridgehead atoms. The van der Waals surface area contributed by atoms with Gasteiger partial charge in [-0.3, -0.25) is 14.3 Å². The number of likely N-dealkylation sites (tertiary alicyclic amines) is 1. The molecule has 0 radical (unpaired) electrons. The monoisotopic (exact) mass is 442 g/mol. The minimum absolute atomic E-state index is 0.0319. The molecule has 0 aromatic carbocycles. The van der Waals surface area contributed by atoms with Crippen LogP contribution in [0.15, 0.2) is 17.2 Å². The van der Waals surface area contributed by atoms with E-state index in [1.165, 1.54) is 6.20 Å². The summed E-state index contributed by atoms with van der Waals surface area (Å²) in [4.78, 5) is 27.3. The summed E-state index contributed by atoms with van der Waals surface area (Å²) in [6.45, 7) is 6.24. The first kappa shape index (κ1) is 21.8. The summed E-state index contributed by atoms with van der Waals surface area (Å²) < 4.78 is 25.3. The second-order valence-corrected chi connectivity index (χ2v) is 10.3. The van der Waals surface area contributed by atoms with Crippen molar-refractivity contribution in [1.29, 1.82) is 0 Å². The van der Waals surface area contributed by atoms with E-state index in [9.17, 15) is 18.0 Å². The number of nitrogens with one attached hydrogen (secondary N) is 1. The molecule has 1 aromatic rings. The predicted octanol–water partition coefficient (Wildman–Crippen LogP) is 2.32. The molecule has 3 rings (SSSR count). The Labute approximate surface area is 176 Å². The first-order valence-electron chi connectivity index (χ1n) is 9.89. The summed E-state index contributed by atoms with van der Waals surface area (Å²) >= 11 is 6.28. The van der Waals surface area contributed by atoms with Gasteiger partial charge in [0.15, 0.2) is 9.84 Å². The number of sulfone groups is 1. The predicted molar refractivity (Wildman–Crippen MR) is 110 cm³/mol. The Bertz CT molecular complexity index is 938. The van der Waals surface area contributed by atoms with E-state index < -0.39 is 9.84 Å². The maximum absolute atomic E-state index is 12.9. The topological polar surface area (TPSA) is 101 Å². The van der Waals surface area contributed by atoms with Crippen LogP contribution in [0, 0.1) is 0 Å². The summed E-state index contributed by atoms with van der Waals surface area (Å²) in [5.41, 5.74) is 0.632. The summed E-state index contributed by atoms with van der Waals surface area (Å²) in [5.74, 6) is -0.500. The highest BCUT2D eigenvalue weighted by atomic mass is 35.5. The van der Waals surface area contributed by atoms with Crippen LogP contribution in [0.5, 0.6) is 0 Å². The Morgan fingerprint density at radius 2 is 2.00 bits per heavy atom. The van der Waals surface area contributed by atoms with Crippen LogP contribution in [0.3, 0.4) is 0 Å². The van der Waals surface area contributed by atoms with E-state index in [2.05, 4.69) is 10.4 Å². The van der Waals surface area contributed by atoms with E-state index in [0.717, 1.165) is 18.2 Å². The molecule has 160 valence electrons. The number of hydrogen-bond donors (Lipinski definition) is 1. The van der Waals surface area contributed by atoms with Crippen molar-refractivity contribution in [3.05, 3.63) is 27.9 Å². The van der Waals surface area contributed by atoms with Crippen molar-refractivity contribution >= 4 is 33.3 Å². The Hall–Kier alpha value is -1.87. The largest absolute Gasteiger partial charge is 0.347 e. The molecule has 1 aromatic heterocycles. The molecule has 2 aliphatic heterocycles. The number of hydrogen-bond acceptors (Lipinski definition) is 5. The lowest BCUT2D eigenvalue weighted by atomic mass is 10.1. The van der Waals surface area contributed by atoms with E-state index in [-0.39, 0.29) is 40.8 Å². The molecule has 2 aliphatic rings. The van der Waals surface area contributed by atoms with Gasteiger partial charge in [0.05, 0.1) is 23.6 Å². The van der Waals surface area contributed by atoms with E-state index in [4.69, 9.17) is 11.6 Å². The van der Waals surface area contributed by atoms with Crippen molar-refractivity contribution in [2.75, 3.05) is 12.3 Å². The van der Waals surface area contributed by atoms with E-state index in [1.54, 1.807) is 9.58 Å². The maximum Gasteiger partial charge on any atom is 0.256 e. The van der Waals surface area contributed by atoms with Crippen LogP contribution in [0.25, 0.3) is 0 Å². The summed E-state index contributed by atoms with van der Waals surface area (Å²) in [5, 5.41) is 8.48. The number of carbonyl (C=O) groups is 2. The lowest BCUT2D eigenvalue weighted by Gasteiger charge is -2.31. The van der Waals surface area contributed by atoms with Crippen LogP contribution in [0.1, 0.15) is 62.9 Å². The molecule has 1 unspecified atom stereocenters. The van der Waals surface area contributed by atoms with E-state index >= 15 is 0 Å². The summed E-state index contributed by atoms with van der Waals surface area (Å²) in [6.07, 6.45) is 3.92. The van der Waals surface area contributed by atoms with Crippen LogP contribution in [0.4, 0.5) is 0 Å². The van der Waals surface area contributed by atoms with E-state index in [0.29, 0.717) is 30.5 Å². The van der Waals surface area contributed by atoms with Crippen LogP contribution < -0.4 is 5.32 Å². The fourth-order valence-electron chi connectivity index (χ4n) is 3.95. The number of halogens is 1. The van der Waals surface area contributed by atoms with Gasteiger partial charge in [-0.15, -0.1) is 0 Å². The number of amides is 2. The molecular formula is C19H27ClN4O4S. The van der Waals surface area contributed by atoms with Gasteiger partial charge < -0.3 is 10.2 Å². The third-order valence-corrected chi connectivity index (χ3v) is 7.31. The molecule has 8 nitrogen and oxygen atoms in total. The molecule has 1 N–H and O–H groups in total.